The van der Waals surface area contributed by atoms with Gasteiger partial charge in [-0.2, -0.15) is 4.98 Å². The van der Waals surface area contributed by atoms with Crippen molar-refractivity contribution < 1.29 is 29.6 Å². The molecule has 1 fully saturated rings. The third kappa shape index (κ3) is 3.74. The Morgan fingerprint density at radius 1 is 1.32 bits per heavy atom. The summed E-state index contributed by atoms with van der Waals surface area (Å²) in [7, 11) is 0. The molecule has 1 aliphatic heterocycles. The minimum atomic E-state index is -2.29. The van der Waals surface area contributed by atoms with Gasteiger partial charge in [-0.15, -0.1) is 0 Å². The number of hydrogen-bond acceptors (Lipinski definition) is 10. The SMILES string of the molecule is CC(C)(C)c1ccccc1OCC(=O)[C@@]1(n2cnc3c(=O)[nH]c(N)nc32)O[C@H](CO)[C@@H](O)[C@H]1O. The minimum Gasteiger partial charge on any atom is -0.485 e. The van der Waals surface area contributed by atoms with E-state index in [2.05, 4.69) is 15.0 Å². The third-order valence-corrected chi connectivity index (χ3v) is 5.85. The van der Waals surface area contributed by atoms with Gasteiger partial charge in [0.05, 0.1) is 6.61 Å². The predicted octanol–water partition coefficient (Wildman–Crippen LogP) is -0.587. The minimum absolute atomic E-state index is 0.144. The number of aliphatic hydroxyl groups excluding tert-OH is 3. The number of aromatic amines is 1. The van der Waals surface area contributed by atoms with Crippen molar-refractivity contribution in [3.05, 3.63) is 46.5 Å². The van der Waals surface area contributed by atoms with Crippen molar-refractivity contribution in [3.63, 3.8) is 0 Å². The summed E-state index contributed by atoms with van der Waals surface area (Å²) in [4.78, 5) is 36.2. The lowest BCUT2D eigenvalue weighted by atomic mass is 9.86. The number of carbonyl (C=O) groups excluding carboxylic acids is 1. The molecule has 12 heteroatoms. The van der Waals surface area contributed by atoms with Crippen LogP contribution in [0.25, 0.3) is 11.2 Å². The van der Waals surface area contributed by atoms with Crippen LogP contribution in [0, 0.1) is 0 Å². The number of benzene rings is 1. The standard InChI is InChI=1S/C22H27N5O7/c1-21(2,3)11-6-4-5-7-12(11)33-9-14(29)22(17(31)16(30)13(8-28)34-22)27-10-24-15-18(27)25-20(23)26-19(15)32/h4-7,10,13,16-17,28,30-31H,8-9H2,1-3H3,(H3,23,25,26,32)/t13-,16-,17-,22-/m1/s1. The van der Waals surface area contributed by atoms with Gasteiger partial charge in [-0.25, -0.2) is 4.98 Å². The number of anilines is 1. The van der Waals surface area contributed by atoms with Gasteiger partial charge in [0, 0.05) is 0 Å². The number of imidazole rings is 1. The maximum absolute atomic E-state index is 13.6. The van der Waals surface area contributed by atoms with Crippen LogP contribution in [0.2, 0.25) is 0 Å². The van der Waals surface area contributed by atoms with Crippen molar-refractivity contribution in [2.45, 2.75) is 50.2 Å². The molecule has 2 aromatic heterocycles. The molecule has 1 saturated heterocycles. The lowest BCUT2D eigenvalue weighted by Crippen LogP contribution is -2.53. The Balaban J connectivity index is 1.79. The van der Waals surface area contributed by atoms with Crippen LogP contribution in [-0.4, -0.2) is 72.1 Å². The molecular weight excluding hydrogens is 446 g/mol. The maximum atomic E-state index is 13.6. The highest BCUT2D eigenvalue weighted by atomic mass is 16.6. The number of nitrogens with one attached hydrogen (secondary N) is 1. The molecular formula is C22H27N5O7. The van der Waals surface area contributed by atoms with Gasteiger partial charge in [0.15, 0.2) is 17.8 Å². The Labute approximate surface area is 194 Å². The predicted molar refractivity (Wildman–Crippen MR) is 120 cm³/mol. The summed E-state index contributed by atoms with van der Waals surface area (Å²) in [5.41, 5.74) is 3.00. The first-order chi connectivity index (χ1) is 16.0. The van der Waals surface area contributed by atoms with Gasteiger partial charge in [0.1, 0.15) is 30.4 Å². The molecule has 0 saturated carbocycles. The van der Waals surface area contributed by atoms with Gasteiger partial charge in [-0.05, 0) is 17.0 Å². The van der Waals surface area contributed by atoms with Crippen LogP contribution in [0.15, 0.2) is 35.4 Å². The van der Waals surface area contributed by atoms with Crippen LogP contribution in [0.1, 0.15) is 26.3 Å². The van der Waals surface area contributed by atoms with Crippen molar-refractivity contribution in [1.29, 1.82) is 0 Å². The Kier molecular flexibility index (Phi) is 5.94. The normalized spacial score (nSPS) is 25.1. The van der Waals surface area contributed by atoms with E-state index < -0.39 is 48.6 Å². The van der Waals surface area contributed by atoms with E-state index in [-0.39, 0.29) is 22.5 Å². The first kappa shape index (κ1) is 23.8. The number of carbonyl (C=O) groups is 1. The number of hydrogen-bond donors (Lipinski definition) is 5. The zero-order chi connectivity index (χ0) is 24.8. The fourth-order valence-electron chi connectivity index (χ4n) is 4.14. The maximum Gasteiger partial charge on any atom is 0.280 e. The monoisotopic (exact) mass is 473 g/mol. The summed E-state index contributed by atoms with van der Waals surface area (Å²) in [6.07, 6.45) is -3.66. The van der Waals surface area contributed by atoms with Crippen molar-refractivity contribution in [2.24, 2.45) is 0 Å². The number of H-pyrrole nitrogens is 1. The first-order valence-corrected chi connectivity index (χ1v) is 10.6. The molecule has 0 aliphatic carbocycles. The molecule has 182 valence electrons. The van der Waals surface area contributed by atoms with Crippen LogP contribution < -0.4 is 16.0 Å². The Bertz CT molecular complexity index is 1280. The molecule has 34 heavy (non-hydrogen) atoms. The van der Waals surface area contributed by atoms with Crippen LogP contribution in [-0.2, 0) is 20.7 Å². The average Bonchev–Trinajstić information content (AvgIpc) is 3.32. The van der Waals surface area contributed by atoms with E-state index in [1.807, 2.05) is 32.9 Å². The van der Waals surface area contributed by atoms with Crippen molar-refractivity contribution in [1.82, 2.24) is 19.5 Å². The molecule has 1 aromatic carbocycles. The second-order valence-corrected chi connectivity index (χ2v) is 9.17. The van der Waals surface area contributed by atoms with Crippen LogP contribution in [0.5, 0.6) is 5.75 Å². The van der Waals surface area contributed by atoms with E-state index in [4.69, 9.17) is 15.2 Å². The lowest BCUT2D eigenvalue weighted by molar-refractivity contribution is -0.176. The van der Waals surface area contributed by atoms with Gasteiger partial charge < -0.3 is 30.5 Å². The van der Waals surface area contributed by atoms with Gasteiger partial charge in [0.25, 0.3) is 5.56 Å². The van der Waals surface area contributed by atoms with E-state index in [9.17, 15) is 24.9 Å². The summed E-state index contributed by atoms with van der Waals surface area (Å²) >= 11 is 0. The second kappa shape index (κ2) is 8.47. The summed E-state index contributed by atoms with van der Waals surface area (Å²) in [6, 6.07) is 7.21. The number of ether oxygens (including phenoxy) is 2. The Morgan fingerprint density at radius 2 is 2.03 bits per heavy atom. The first-order valence-electron chi connectivity index (χ1n) is 10.6. The number of rotatable bonds is 6. The highest BCUT2D eigenvalue weighted by molar-refractivity contribution is 5.89. The molecule has 12 nitrogen and oxygen atoms in total. The number of aromatic nitrogens is 4. The number of ketones is 1. The highest BCUT2D eigenvalue weighted by Gasteiger charge is 2.60. The quantitative estimate of drug-likeness (QED) is 0.310. The molecule has 0 unspecified atom stereocenters. The molecule has 1 aliphatic rings. The summed E-state index contributed by atoms with van der Waals surface area (Å²) in [5, 5.41) is 31.1. The fourth-order valence-corrected chi connectivity index (χ4v) is 4.14. The van der Waals surface area contributed by atoms with Gasteiger partial charge in [-0.3, -0.25) is 19.1 Å². The number of para-hydroxylation sites is 1. The van der Waals surface area contributed by atoms with Gasteiger partial charge in [0.2, 0.25) is 17.5 Å². The van der Waals surface area contributed by atoms with Gasteiger partial charge >= 0.3 is 0 Å². The molecule has 4 atom stereocenters. The summed E-state index contributed by atoms with van der Waals surface area (Å²) in [6.45, 7) is 4.75. The number of aliphatic hydroxyl groups is 3. The lowest BCUT2D eigenvalue weighted by Gasteiger charge is -2.32. The van der Waals surface area contributed by atoms with Crippen LogP contribution >= 0.6 is 0 Å². The molecule has 3 aromatic rings. The van der Waals surface area contributed by atoms with Gasteiger partial charge in [-0.1, -0.05) is 39.0 Å². The Morgan fingerprint density at radius 3 is 2.68 bits per heavy atom. The van der Waals surface area contributed by atoms with E-state index >= 15 is 0 Å². The molecule has 0 radical (unpaired) electrons. The van der Waals surface area contributed by atoms with Crippen LogP contribution in [0.3, 0.4) is 0 Å². The molecule has 0 amide bonds. The zero-order valence-corrected chi connectivity index (χ0v) is 18.9. The molecule has 4 rings (SSSR count). The van der Waals surface area contributed by atoms with E-state index in [1.54, 1.807) is 12.1 Å². The van der Waals surface area contributed by atoms with E-state index in [0.29, 0.717) is 5.75 Å². The van der Waals surface area contributed by atoms with E-state index in [1.165, 1.54) is 0 Å². The number of Topliss-reactive ketones (excluding diaryl/α,β-unsaturated/α-hetero) is 1. The van der Waals surface area contributed by atoms with Crippen molar-refractivity contribution in [2.75, 3.05) is 18.9 Å². The highest BCUT2D eigenvalue weighted by Crippen LogP contribution is 2.39. The molecule has 3 heterocycles. The summed E-state index contributed by atoms with van der Waals surface area (Å²) in [5.74, 6) is -0.581. The number of nitrogens with two attached hydrogens (primary N) is 1. The number of nitrogen functional groups attached to an aromatic ring is 1. The topological polar surface area (TPSA) is 186 Å². The molecule has 0 bridgehead atoms. The van der Waals surface area contributed by atoms with Crippen molar-refractivity contribution >= 4 is 22.9 Å². The second-order valence-electron chi connectivity index (χ2n) is 9.17. The zero-order valence-electron chi connectivity index (χ0n) is 18.9. The number of nitrogens with zero attached hydrogens (tertiary/aromatic N) is 3. The largest absolute Gasteiger partial charge is 0.485 e. The average molecular weight is 473 g/mol. The Hall–Kier alpha value is -3.32. The third-order valence-electron chi connectivity index (χ3n) is 5.85. The fraction of sp³-hybridized carbons (Fsp3) is 0.455. The van der Waals surface area contributed by atoms with E-state index in [0.717, 1.165) is 16.5 Å². The molecule has 6 N–H and O–H groups in total. The van der Waals surface area contributed by atoms with Crippen LogP contribution in [0.4, 0.5) is 5.95 Å². The molecule has 0 spiro atoms. The number of fused-ring (bicyclic) bond motifs is 1. The summed E-state index contributed by atoms with van der Waals surface area (Å²) < 4.78 is 12.6. The van der Waals surface area contributed by atoms with Crippen molar-refractivity contribution in [3.8, 4) is 5.75 Å². The smallest absolute Gasteiger partial charge is 0.280 e.